The Morgan fingerprint density at radius 3 is 2.72 bits per heavy atom. The van der Waals surface area contributed by atoms with E-state index >= 15 is 0 Å². The van der Waals surface area contributed by atoms with Crippen LogP contribution in [-0.4, -0.2) is 30.6 Å². The Labute approximate surface area is 108 Å². The molecular weight excluding hydrogens is 230 g/mol. The molecule has 1 atom stereocenters. The van der Waals surface area contributed by atoms with Crippen molar-refractivity contribution >= 4 is 11.6 Å². The van der Waals surface area contributed by atoms with Gasteiger partial charge in [-0.05, 0) is 18.1 Å². The maximum absolute atomic E-state index is 11.8. The lowest BCUT2D eigenvalue weighted by atomic mass is 10.1. The van der Waals surface area contributed by atoms with Crippen molar-refractivity contribution in [2.24, 2.45) is 5.92 Å². The molecule has 0 saturated carbocycles. The van der Waals surface area contributed by atoms with Crippen LogP contribution < -0.4 is 11.1 Å². The summed E-state index contributed by atoms with van der Waals surface area (Å²) >= 11 is 0. The standard InChI is InChI=1S/C13H21N3O2/c1-9(2)12(8-18-3)16-13(17)6-11-5-4-10(14)7-15-11/h4-5,7,9,12H,6,8,14H2,1-3H3,(H,16,17). The summed E-state index contributed by atoms with van der Waals surface area (Å²) in [5.74, 6) is 0.274. The van der Waals surface area contributed by atoms with Gasteiger partial charge >= 0.3 is 0 Å². The van der Waals surface area contributed by atoms with E-state index < -0.39 is 0 Å². The van der Waals surface area contributed by atoms with E-state index in [1.54, 1.807) is 25.4 Å². The van der Waals surface area contributed by atoms with E-state index in [1.807, 2.05) is 13.8 Å². The largest absolute Gasteiger partial charge is 0.397 e. The summed E-state index contributed by atoms with van der Waals surface area (Å²) in [4.78, 5) is 15.9. The third-order valence-electron chi connectivity index (χ3n) is 2.69. The minimum atomic E-state index is -0.0528. The van der Waals surface area contributed by atoms with E-state index in [-0.39, 0.29) is 18.4 Å². The quantitative estimate of drug-likeness (QED) is 0.790. The van der Waals surface area contributed by atoms with E-state index in [2.05, 4.69) is 10.3 Å². The second-order valence-corrected chi connectivity index (χ2v) is 4.63. The fourth-order valence-electron chi connectivity index (χ4n) is 1.54. The third-order valence-corrected chi connectivity index (χ3v) is 2.69. The number of amides is 1. The second-order valence-electron chi connectivity index (χ2n) is 4.63. The molecule has 1 aromatic rings. The Morgan fingerprint density at radius 1 is 1.50 bits per heavy atom. The number of hydrogen-bond acceptors (Lipinski definition) is 4. The number of carbonyl (C=O) groups excluding carboxylic acids is 1. The van der Waals surface area contributed by atoms with Gasteiger partial charge in [0, 0.05) is 12.8 Å². The number of nitrogens with two attached hydrogens (primary N) is 1. The van der Waals surface area contributed by atoms with Crippen LogP contribution in [0.4, 0.5) is 5.69 Å². The normalized spacial score (nSPS) is 12.4. The van der Waals surface area contributed by atoms with Crippen molar-refractivity contribution in [3.63, 3.8) is 0 Å². The van der Waals surface area contributed by atoms with Crippen LogP contribution in [0.25, 0.3) is 0 Å². The molecule has 0 aliphatic carbocycles. The molecule has 1 heterocycles. The smallest absolute Gasteiger partial charge is 0.226 e. The first-order chi connectivity index (χ1) is 8.52. The van der Waals surface area contributed by atoms with E-state index in [1.165, 1.54) is 0 Å². The molecule has 0 spiro atoms. The molecular formula is C13H21N3O2. The van der Waals surface area contributed by atoms with Crippen LogP contribution in [-0.2, 0) is 16.0 Å². The number of nitrogens with zero attached hydrogens (tertiary/aromatic N) is 1. The van der Waals surface area contributed by atoms with Crippen molar-refractivity contribution in [3.8, 4) is 0 Å². The number of ether oxygens (including phenoxy) is 1. The van der Waals surface area contributed by atoms with E-state index in [9.17, 15) is 4.79 Å². The number of pyridine rings is 1. The van der Waals surface area contributed by atoms with Gasteiger partial charge in [-0.25, -0.2) is 0 Å². The summed E-state index contributed by atoms with van der Waals surface area (Å²) < 4.78 is 5.09. The van der Waals surface area contributed by atoms with Crippen molar-refractivity contribution in [1.82, 2.24) is 10.3 Å². The SMILES string of the molecule is COCC(NC(=O)Cc1ccc(N)cn1)C(C)C. The number of nitrogen functional groups attached to an aromatic ring is 1. The van der Waals surface area contributed by atoms with Crippen molar-refractivity contribution in [2.45, 2.75) is 26.3 Å². The zero-order chi connectivity index (χ0) is 13.5. The fraction of sp³-hybridized carbons (Fsp3) is 0.538. The number of carbonyl (C=O) groups is 1. The Morgan fingerprint density at radius 2 is 2.22 bits per heavy atom. The zero-order valence-electron chi connectivity index (χ0n) is 11.1. The van der Waals surface area contributed by atoms with Crippen LogP contribution in [0.3, 0.4) is 0 Å². The Kier molecular flexibility index (Phi) is 5.58. The lowest BCUT2D eigenvalue weighted by Crippen LogP contribution is -2.42. The minimum Gasteiger partial charge on any atom is -0.397 e. The lowest BCUT2D eigenvalue weighted by Gasteiger charge is -2.21. The lowest BCUT2D eigenvalue weighted by molar-refractivity contribution is -0.121. The molecule has 1 aromatic heterocycles. The van der Waals surface area contributed by atoms with Crippen LogP contribution in [0.1, 0.15) is 19.5 Å². The fourth-order valence-corrected chi connectivity index (χ4v) is 1.54. The van der Waals surface area contributed by atoms with Crippen molar-refractivity contribution in [3.05, 3.63) is 24.0 Å². The first kappa shape index (κ1) is 14.4. The molecule has 5 nitrogen and oxygen atoms in total. The van der Waals surface area contributed by atoms with Gasteiger partial charge in [0.1, 0.15) is 0 Å². The van der Waals surface area contributed by atoms with Crippen LogP contribution in [0.5, 0.6) is 0 Å². The average Bonchev–Trinajstić information content (AvgIpc) is 2.31. The molecule has 1 rings (SSSR count). The Balaban J connectivity index is 2.52. The molecule has 0 aliphatic heterocycles. The number of hydrogen-bond donors (Lipinski definition) is 2. The van der Waals surface area contributed by atoms with E-state index in [0.29, 0.717) is 23.9 Å². The number of methoxy groups -OCH3 is 1. The van der Waals surface area contributed by atoms with Gasteiger partial charge in [-0.2, -0.15) is 0 Å². The monoisotopic (exact) mass is 251 g/mol. The van der Waals surface area contributed by atoms with Crippen LogP contribution in [0, 0.1) is 5.92 Å². The van der Waals surface area contributed by atoms with E-state index in [0.717, 1.165) is 0 Å². The predicted octanol–water partition coefficient (Wildman–Crippen LogP) is 0.993. The van der Waals surface area contributed by atoms with Crippen LogP contribution in [0.2, 0.25) is 0 Å². The highest BCUT2D eigenvalue weighted by Crippen LogP contribution is 2.04. The van der Waals surface area contributed by atoms with Gasteiger partial charge in [0.15, 0.2) is 0 Å². The summed E-state index contributed by atoms with van der Waals surface area (Å²) in [5, 5.41) is 2.95. The summed E-state index contributed by atoms with van der Waals surface area (Å²) in [6, 6.07) is 3.52. The highest BCUT2D eigenvalue weighted by molar-refractivity contribution is 5.78. The minimum absolute atomic E-state index is 0.0243. The van der Waals surface area contributed by atoms with E-state index in [4.69, 9.17) is 10.5 Å². The number of rotatable bonds is 6. The maximum Gasteiger partial charge on any atom is 0.226 e. The highest BCUT2D eigenvalue weighted by Gasteiger charge is 2.16. The third kappa shape index (κ3) is 4.71. The molecule has 0 aliphatic rings. The number of nitrogens with one attached hydrogen (secondary N) is 1. The van der Waals surface area contributed by atoms with Gasteiger partial charge < -0.3 is 15.8 Å². The molecule has 18 heavy (non-hydrogen) atoms. The van der Waals surface area contributed by atoms with Crippen LogP contribution in [0.15, 0.2) is 18.3 Å². The second kappa shape index (κ2) is 6.96. The summed E-state index contributed by atoms with van der Waals surface area (Å²) in [6.45, 7) is 4.61. The summed E-state index contributed by atoms with van der Waals surface area (Å²) in [7, 11) is 1.63. The van der Waals surface area contributed by atoms with Crippen molar-refractivity contribution in [2.75, 3.05) is 19.5 Å². The summed E-state index contributed by atoms with van der Waals surface area (Å²) in [6.07, 6.45) is 1.81. The summed E-state index contributed by atoms with van der Waals surface area (Å²) in [5.41, 5.74) is 6.84. The van der Waals surface area contributed by atoms with Gasteiger partial charge in [0.05, 0.1) is 31.0 Å². The highest BCUT2D eigenvalue weighted by atomic mass is 16.5. The van der Waals surface area contributed by atoms with Gasteiger partial charge in [-0.1, -0.05) is 13.8 Å². The molecule has 3 N–H and O–H groups in total. The molecule has 0 aromatic carbocycles. The molecule has 0 bridgehead atoms. The van der Waals surface area contributed by atoms with Gasteiger partial charge in [-0.3, -0.25) is 9.78 Å². The van der Waals surface area contributed by atoms with Crippen molar-refractivity contribution < 1.29 is 9.53 Å². The van der Waals surface area contributed by atoms with Gasteiger partial charge in [-0.15, -0.1) is 0 Å². The molecule has 1 unspecified atom stereocenters. The maximum atomic E-state index is 11.8. The predicted molar refractivity (Wildman–Crippen MR) is 71.0 cm³/mol. The van der Waals surface area contributed by atoms with Gasteiger partial charge in [0.25, 0.3) is 0 Å². The molecule has 5 heteroatoms. The molecule has 1 amide bonds. The Bertz CT molecular complexity index is 376. The molecule has 0 radical (unpaired) electrons. The molecule has 100 valence electrons. The van der Waals surface area contributed by atoms with Gasteiger partial charge in [0.2, 0.25) is 5.91 Å². The average molecular weight is 251 g/mol. The number of anilines is 1. The Hall–Kier alpha value is -1.62. The first-order valence-electron chi connectivity index (χ1n) is 6.01. The number of aromatic nitrogens is 1. The molecule has 0 fully saturated rings. The zero-order valence-corrected chi connectivity index (χ0v) is 11.1. The first-order valence-corrected chi connectivity index (χ1v) is 6.01. The van der Waals surface area contributed by atoms with Crippen LogP contribution >= 0.6 is 0 Å². The molecule has 0 saturated heterocycles. The van der Waals surface area contributed by atoms with Crippen molar-refractivity contribution in [1.29, 1.82) is 0 Å². The topological polar surface area (TPSA) is 77.2 Å².